The van der Waals surface area contributed by atoms with Gasteiger partial charge >= 0.3 is 0 Å². The molecule has 0 unspecified atom stereocenters. The van der Waals surface area contributed by atoms with E-state index in [0.717, 1.165) is 6.42 Å². The predicted octanol–water partition coefficient (Wildman–Crippen LogP) is 1.75. The molecular formula is C17H20ClN3O4S. The Bertz CT molecular complexity index is 1000. The SMILES string of the molecule is CCCN(Cc1nc2cc(Cl)ccc2c(=O)[nH]1)C(=O)[C@H]1CCS(=O)(=O)C1. The number of nitrogens with zero attached hydrogens (tertiary/aromatic N) is 2. The van der Waals surface area contributed by atoms with Crippen molar-refractivity contribution in [2.45, 2.75) is 26.3 Å². The van der Waals surface area contributed by atoms with Crippen molar-refractivity contribution >= 4 is 38.2 Å². The molecule has 2 aromatic rings. The summed E-state index contributed by atoms with van der Waals surface area (Å²) in [5.74, 6) is -0.432. The van der Waals surface area contributed by atoms with Gasteiger partial charge in [0.1, 0.15) is 5.82 Å². The van der Waals surface area contributed by atoms with Crippen LogP contribution in [0.4, 0.5) is 0 Å². The molecule has 0 aliphatic carbocycles. The number of hydrogen-bond acceptors (Lipinski definition) is 5. The number of hydrogen-bond donors (Lipinski definition) is 1. The Balaban J connectivity index is 1.87. The van der Waals surface area contributed by atoms with Crippen LogP contribution >= 0.6 is 11.6 Å². The van der Waals surface area contributed by atoms with E-state index >= 15 is 0 Å². The zero-order chi connectivity index (χ0) is 18.9. The maximum Gasteiger partial charge on any atom is 0.258 e. The highest BCUT2D eigenvalue weighted by atomic mass is 35.5. The summed E-state index contributed by atoms with van der Waals surface area (Å²) in [5.41, 5.74) is 0.164. The highest BCUT2D eigenvalue weighted by molar-refractivity contribution is 7.91. The Morgan fingerprint density at radius 3 is 2.85 bits per heavy atom. The Morgan fingerprint density at radius 1 is 1.42 bits per heavy atom. The van der Waals surface area contributed by atoms with Gasteiger partial charge in [0.05, 0.1) is 34.9 Å². The summed E-state index contributed by atoms with van der Waals surface area (Å²) in [4.78, 5) is 33.7. The Labute approximate surface area is 156 Å². The van der Waals surface area contributed by atoms with Gasteiger partial charge in [-0.1, -0.05) is 18.5 Å². The molecule has 1 N–H and O–H groups in total. The van der Waals surface area contributed by atoms with E-state index in [4.69, 9.17) is 11.6 Å². The molecule has 1 fully saturated rings. The molecule has 0 radical (unpaired) electrons. The van der Waals surface area contributed by atoms with Gasteiger partial charge in [-0.15, -0.1) is 0 Å². The summed E-state index contributed by atoms with van der Waals surface area (Å²) >= 11 is 5.97. The van der Waals surface area contributed by atoms with Gasteiger partial charge in [0.25, 0.3) is 5.56 Å². The van der Waals surface area contributed by atoms with Crippen LogP contribution in [0, 0.1) is 5.92 Å². The van der Waals surface area contributed by atoms with Crippen LogP contribution in [-0.2, 0) is 21.2 Å². The van der Waals surface area contributed by atoms with E-state index in [0.29, 0.717) is 34.7 Å². The highest BCUT2D eigenvalue weighted by Gasteiger charge is 2.35. The molecule has 1 amide bonds. The highest BCUT2D eigenvalue weighted by Crippen LogP contribution is 2.22. The summed E-state index contributed by atoms with van der Waals surface area (Å²) in [6, 6.07) is 4.82. The smallest absolute Gasteiger partial charge is 0.258 e. The second-order valence-corrected chi connectivity index (χ2v) is 9.20. The molecule has 3 rings (SSSR count). The average Bonchev–Trinajstić information content (AvgIpc) is 2.93. The molecule has 1 aromatic carbocycles. The van der Waals surface area contributed by atoms with Crippen LogP contribution in [0.1, 0.15) is 25.6 Å². The van der Waals surface area contributed by atoms with Crippen molar-refractivity contribution in [1.29, 1.82) is 0 Å². The number of fused-ring (bicyclic) bond motifs is 1. The minimum absolute atomic E-state index is 0.0485. The minimum atomic E-state index is -3.14. The monoisotopic (exact) mass is 397 g/mol. The molecule has 0 spiro atoms. The quantitative estimate of drug-likeness (QED) is 0.828. The number of amides is 1. The molecule has 140 valence electrons. The normalized spacial score (nSPS) is 18.9. The van der Waals surface area contributed by atoms with Gasteiger partial charge in [0.15, 0.2) is 9.84 Å². The first-order valence-electron chi connectivity index (χ1n) is 8.47. The van der Waals surface area contributed by atoms with Gasteiger partial charge in [0, 0.05) is 11.6 Å². The molecule has 1 aliphatic heterocycles. The molecule has 2 heterocycles. The number of H-pyrrole nitrogens is 1. The first-order chi connectivity index (χ1) is 12.3. The van der Waals surface area contributed by atoms with Crippen molar-refractivity contribution in [1.82, 2.24) is 14.9 Å². The van der Waals surface area contributed by atoms with Crippen LogP contribution in [0.25, 0.3) is 10.9 Å². The van der Waals surface area contributed by atoms with Gasteiger partial charge in [-0.05, 0) is 31.0 Å². The summed E-state index contributed by atoms with van der Waals surface area (Å²) in [6.45, 7) is 2.52. The fourth-order valence-corrected chi connectivity index (χ4v) is 5.10. The van der Waals surface area contributed by atoms with E-state index < -0.39 is 15.8 Å². The Morgan fingerprint density at radius 2 is 2.19 bits per heavy atom. The summed E-state index contributed by atoms with van der Waals surface area (Å²) in [5, 5.41) is 0.896. The lowest BCUT2D eigenvalue weighted by atomic mass is 10.1. The van der Waals surface area contributed by atoms with Crippen molar-refractivity contribution in [2.24, 2.45) is 5.92 Å². The van der Waals surface area contributed by atoms with Crippen LogP contribution in [0.5, 0.6) is 0 Å². The van der Waals surface area contributed by atoms with Crippen molar-refractivity contribution in [2.75, 3.05) is 18.1 Å². The van der Waals surface area contributed by atoms with Crippen LogP contribution in [-0.4, -0.2) is 47.2 Å². The number of benzene rings is 1. The fourth-order valence-electron chi connectivity index (χ4n) is 3.20. The fraction of sp³-hybridized carbons (Fsp3) is 0.471. The Kier molecular flexibility index (Phi) is 5.34. The molecule has 1 saturated heterocycles. The van der Waals surface area contributed by atoms with Gasteiger partial charge in [-0.2, -0.15) is 0 Å². The molecule has 1 aliphatic rings. The standard InChI is InChI=1S/C17H20ClN3O4S/c1-2-6-21(17(23)11-5-7-26(24,25)10-11)9-15-19-14-8-12(18)3-4-13(14)16(22)20-15/h3-4,8,11H,2,5-7,9-10H2,1H3,(H,19,20,22)/t11-/m0/s1. The van der Waals surface area contributed by atoms with Crippen molar-refractivity contribution in [3.8, 4) is 0 Å². The molecule has 0 saturated carbocycles. The second kappa shape index (κ2) is 7.36. The summed E-state index contributed by atoms with van der Waals surface area (Å²) in [6.07, 6.45) is 1.06. The lowest BCUT2D eigenvalue weighted by molar-refractivity contribution is -0.135. The van der Waals surface area contributed by atoms with Crippen LogP contribution in [0.3, 0.4) is 0 Å². The van der Waals surface area contributed by atoms with Gasteiger partial charge in [-0.25, -0.2) is 13.4 Å². The molecule has 26 heavy (non-hydrogen) atoms. The number of nitrogens with one attached hydrogen (secondary N) is 1. The lowest BCUT2D eigenvalue weighted by Crippen LogP contribution is -2.37. The second-order valence-electron chi connectivity index (χ2n) is 6.53. The van der Waals surface area contributed by atoms with Crippen molar-refractivity contribution in [3.05, 3.63) is 39.4 Å². The maximum atomic E-state index is 12.8. The van der Waals surface area contributed by atoms with E-state index in [1.54, 1.807) is 23.1 Å². The lowest BCUT2D eigenvalue weighted by Gasteiger charge is -2.24. The molecule has 9 heteroatoms. The minimum Gasteiger partial charge on any atom is -0.335 e. The number of rotatable bonds is 5. The van der Waals surface area contributed by atoms with Gasteiger partial charge < -0.3 is 9.88 Å². The largest absolute Gasteiger partial charge is 0.335 e. The van der Waals surface area contributed by atoms with E-state index in [2.05, 4.69) is 9.97 Å². The van der Waals surface area contributed by atoms with E-state index in [1.165, 1.54) is 0 Å². The zero-order valence-corrected chi connectivity index (χ0v) is 15.9. The van der Waals surface area contributed by atoms with E-state index in [9.17, 15) is 18.0 Å². The van der Waals surface area contributed by atoms with Crippen LogP contribution in [0.15, 0.2) is 23.0 Å². The number of halogens is 1. The van der Waals surface area contributed by atoms with Crippen molar-refractivity contribution in [3.63, 3.8) is 0 Å². The number of carbonyl (C=O) groups excluding carboxylic acids is 1. The zero-order valence-electron chi connectivity index (χ0n) is 14.4. The number of aromatic amines is 1. The maximum absolute atomic E-state index is 12.8. The van der Waals surface area contributed by atoms with Gasteiger partial charge in [-0.3, -0.25) is 9.59 Å². The topological polar surface area (TPSA) is 100 Å². The molecule has 0 bridgehead atoms. The third-order valence-electron chi connectivity index (χ3n) is 4.45. The van der Waals surface area contributed by atoms with Gasteiger partial charge in [0.2, 0.25) is 5.91 Å². The third-order valence-corrected chi connectivity index (χ3v) is 6.45. The molecule has 1 aromatic heterocycles. The molecule has 7 nitrogen and oxygen atoms in total. The predicted molar refractivity (Wildman–Crippen MR) is 99.8 cm³/mol. The first-order valence-corrected chi connectivity index (χ1v) is 10.7. The third kappa shape index (κ3) is 4.07. The van der Waals surface area contributed by atoms with Crippen molar-refractivity contribution < 1.29 is 13.2 Å². The Hall–Kier alpha value is -1.93. The number of aromatic nitrogens is 2. The van der Waals surface area contributed by atoms with Crippen LogP contribution in [0.2, 0.25) is 5.02 Å². The summed E-state index contributed by atoms with van der Waals surface area (Å²) < 4.78 is 23.3. The van der Waals surface area contributed by atoms with E-state index in [1.807, 2.05) is 6.92 Å². The number of carbonyl (C=O) groups is 1. The molecule has 1 atom stereocenters. The summed E-state index contributed by atoms with van der Waals surface area (Å²) in [7, 11) is -3.14. The average molecular weight is 398 g/mol. The van der Waals surface area contributed by atoms with E-state index in [-0.39, 0.29) is 29.5 Å². The molecular weight excluding hydrogens is 378 g/mol. The number of sulfone groups is 1. The van der Waals surface area contributed by atoms with Crippen LogP contribution < -0.4 is 5.56 Å². The first kappa shape index (κ1) is 18.8.